The zero-order valence-corrected chi connectivity index (χ0v) is 16.0. The molecule has 2 amide bonds. The lowest BCUT2D eigenvalue weighted by Gasteiger charge is -2.33. The standard InChI is InChI=1S/C16H22FN3O3.C2H2O4/c1-2-23-16(22)20-11-9-19(10-12-20)8-7-15(21)18-14-5-3-13(17)4-6-14;3-1(4)2(5)6/h3-6H,2,7-12H2,1H3,(H,18,21);(H,3,4)(H,5,6). The summed E-state index contributed by atoms with van der Waals surface area (Å²) in [5.74, 6) is -4.09. The minimum Gasteiger partial charge on any atom is -0.473 e. The topological polar surface area (TPSA) is 136 Å². The SMILES string of the molecule is CCOC(=O)N1CCN(CCC(=O)Nc2ccc(F)cc2)CC1.O=C(O)C(=O)O. The van der Waals surface area contributed by atoms with Crippen molar-refractivity contribution in [3.05, 3.63) is 30.1 Å². The summed E-state index contributed by atoms with van der Waals surface area (Å²) in [6.07, 6.45) is 0.0813. The molecule has 1 aliphatic heterocycles. The van der Waals surface area contributed by atoms with Crippen LogP contribution in [0.3, 0.4) is 0 Å². The van der Waals surface area contributed by atoms with Crippen LogP contribution in [0.4, 0.5) is 14.9 Å². The average Bonchev–Trinajstić information content (AvgIpc) is 2.69. The monoisotopic (exact) mass is 413 g/mol. The van der Waals surface area contributed by atoms with Crippen molar-refractivity contribution in [3.63, 3.8) is 0 Å². The third-order valence-electron chi connectivity index (χ3n) is 3.86. The number of aliphatic carboxylic acids is 2. The molecular weight excluding hydrogens is 389 g/mol. The summed E-state index contributed by atoms with van der Waals surface area (Å²) in [5.41, 5.74) is 0.587. The Kier molecular flexibility index (Phi) is 10.1. The van der Waals surface area contributed by atoms with Crippen LogP contribution >= 0.6 is 0 Å². The molecule has 1 aromatic carbocycles. The molecule has 1 fully saturated rings. The van der Waals surface area contributed by atoms with Crippen LogP contribution in [0.15, 0.2) is 24.3 Å². The van der Waals surface area contributed by atoms with E-state index in [1.807, 2.05) is 0 Å². The zero-order valence-electron chi connectivity index (χ0n) is 16.0. The molecule has 2 rings (SSSR count). The van der Waals surface area contributed by atoms with Gasteiger partial charge < -0.3 is 25.2 Å². The highest BCUT2D eigenvalue weighted by Gasteiger charge is 2.22. The maximum Gasteiger partial charge on any atom is 0.414 e. The highest BCUT2D eigenvalue weighted by Crippen LogP contribution is 2.09. The van der Waals surface area contributed by atoms with Gasteiger partial charge in [-0.3, -0.25) is 9.69 Å². The van der Waals surface area contributed by atoms with E-state index < -0.39 is 11.9 Å². The van der Waals surface area contributed by atoms with Gasteiger partial charge in [-0.2, -0.15) is 0 Å². The van der Waals surface area contributed by atoms with Crippen molar-refractivity contribution in [1.29, 1.82) is 0 Å². The first-order chi connectivity index (χ1) is 13.7. The van der Waals surface area contributed by atoms with Gasteiger partial charge in [-0.15, -0.1) is 0 Å². The molecule has 0 radical (unpaired) electrons. The first-order valence-electron chi connectivity index (χ1n) is 8.88. The Morgan fingerprint density at radius 2 is 1.59 bits per heavy atom. The molecule has 1 saturated heterocycles. The number of nitrogens with one attached hydrogen (secondary N) is 1. The van der Waals surface area contributed by atoms with Crippen molar-refractivity contribution in [2.75, 3.05) is 44.6 Å². The van der Waals surface area contributed by atoms with Gasteiger partial charge in [-0.05, 0) is 31.2 Å². The molecule has 3 N–H and O–H groups in total. The van der Waals surface area contributed by atoms with Gasteiger partial charge in [-0.25, -0.2) is 18.8 Å². The highest BCUT2D eigenvalue weighted by atomic mass is 19.1. The second-order valence-electron chi connectivity index (χ2n) is 5.94. The van der Waals surface area contributed by atoms with Gasteiger partial charge in [0.2, 0.25) is 5.91 Å². The number of halogens is 1. The maximum absolute atomic E-state index is 12.8. The summed E-state index contributed by atoms with van der Waals surface area (Å²) in [7, 11) is 0. The van der Waals surface area contributed by atoms with Gasteiger partial charge in [0.15, 0.2) is 0 Å². The molecule has 0 bridgehead atoms. The van der Waals surface area contributed by atoms with E-state index in [-0.39, 0.29) is 17.8 Å². The number of amides is 2. The summed E-state index contributed by atoms with van der Waals surface area (Å²) in [5, 5.41) is 17.5. The number of hydrogen-bond donors (Lipinski definition) is 3. The summed E-state index contributed by atoms with van der Waals surface area (Å²) < 4.78 is 17.8. The Bertz CT molecular complexity index is 692. The molecule has 10 nitrogen and oxygen atoms in total. The van der Waals surface area contributed by atoms with Crippen molar-refractivity contribution >= 4 is 29.6 Å². The predicted molar refractivity (Wildman–Crippen MR) is 100.0 cm³/mol. The van der Waals surface area contributed by atoms with Gasteiger partial charge in [0, 0.05) is 44.8 Å². The average molecular weight is 413 g/mol. The van der Waals surface area contributed by atoms with Gasteiger partial charge >= 0.3 is 18.0 Å². The molecule has 0 spiro atoms. The normalized spacial score (nSPS) is 13.7. The van der Waals surface area contributed by atoms with Crippen LogP contribution in [0.5, 0.6) is 0 Å². The van der Waals surface area contributed by atoms with Crippen molar-refractivity contribution < 1.29 is 38.5 Å². The second kappa shape index (κ2) is 12.3. The number of hydrogen-bond acceptors (Lipinski definition) is 6. The summed E-state index contributed by atoms with van der Waals surface area (Å²) in [6.45, 7) is 5.46. The Morgan fingerprint density at radius 3 is 2.07 bits per heavy atom. The molecular formula is C18H24FN3O7. The van der Waals surface area contributed by atoms with Gasteiger partial charge in [0.05, 0.1) is 6.61 Å². The van der Waals surface area contributed by atoms with E-state index in [0.29, 0.717) is 38.3 Å². The molecule has 1 aromatic rings. The van der Waals surface area contributed by atoms with Crippen molar-refractivity contribution in [2.24, 2.45) is 0 Å². The molecule has 0 atom stereocenters. The summed E-state index contributed by atoms with van der Waals surface area (Å²) in [6, 6.07) is 5.69. The van der Waals surface area contributed by atoms with E-state index in [4.69, 9.17) is 24.5 Å². The van der Waals surface area contributed by atoms with Crippen molar-refractivity contribution in [2.45, 2.75) is 13.3 Å². The molecule has 0 aromatic heterocycles. The fourth-order valence-corrected chi connectivity index (χ4v) is 2.39. The highest BCUT2D eigenvalue weighted by molar-refractivity contribution is 6.27. The first-order valence-corrected chi connectivity index (χ1v) is 8.88. The number of ether oxygens (including phenoxy) is 1. The van der Waals surface area contributed by atoms with E-state index in [0.717, 1.165) is 13.1 Å². The Balaban J connectivity index is 0.000000612. The van der Waals surface area contributed by atoms with Crippen LogP contribution in [0.25, 0.3) is 0 Å². The third-order valence-corrected chi connectivity index (χ3v) is 3.86. The fraction of sp³-hybridized carbons (Fsp3) is 0.444. The molecule has 0 unspecified atom stereocenters. The van der Waals surface area contributed by atoms with Crippen LogP contribution in [0.1, 0.15) is 13.3 Å². The number of rotatable bonds is 5. The number of anilines is 1. The van der Waals surface area contributed by atoms with Crippen LogP contribution in [0.2, 0.25) is 0 Å². The number of carboxylic acids is 2. The molecule has 11 heteroatoms. The fourth-order valence-electron chi connectivity index (χ4n) is 2.39. The summed E-state index contributed by atoms with van der Waals surface area (Å²) >= 11 is 0. The third kappa shape index (κ3) is 9.51. The number of carboxylic acid groups (broad SMARTS) is 2. The van der Waals surface area contributed by atoms with Gasteiger partial charge in [0.25, 0.3) is 0 Å². The lowest BCUT2D eigenvalue weighted by Crippen LogP contribution is -2.49. The largest absolute Gasteiger partial charge is 0.473 e. The smallest absolute Gasteiger partial charge is 0.414 e. The number of piperazine rings is 1. The lowest BCUT2D eigenvalue weighted by atomic mass is 10.2. The number of carbonyl (C=O) groups excluding carboxylic acids is 2. The number of nitrogens with zero attached hydrogens (tertiary/aromatic N) is 2. The van der Waals surface area contributed by atoms with Crippen molar-refractivity contribution in [1.82, 2.24) is 9.80 Å². The van der Waals surface area contributed by atoms with E-state index in [2.05, 4.69) is 10.2 Å². The Hall–Kier alpha value is -3.21. The minimum absolute atomic E-state index is 0.107. The second-order valence-corrected chi connectivity index (χ2v) is 5.94. The maximum atomic E-state index is 12.8. The molecule has 29 heavy (non-hydrogen) atoms. The molecule has 1 aliphatic rings. The molecule has 1 heterocycles. The van der Waals surface area contributed by atoms with E-state index >= 15 is 0 Å². The molecule has 0 aliphatic carbocycles. The van der Waals surface area contributed by atoms with Gasteiger partial charge in [-0.1, -0.05) is 0 Å². The van der Waals surface area contributed by atoms with Crippen LogP contribution in [-0.2, 0) is 19.1 Å². The van der Waals surface area contributed by atoms with E-state index in [1.165, 1.54) is 24.3 Å². The Morgan fingerprint density at radius 1 is 1.03 bits per heavy atom. The quantitative estimate of drug-likeness (QED) is 0.610. The lowest BCUT2D eigenvalue weighted by molar-refractivity contribution is -0.159. The predicted octanol–water partition coefficient (Wildman–Crippen LogP) is 1.08. The van der Waals surface area contributed by atoms with Crippen LogP contribution in [-0.4, -0.2) is 83.3 Å². The van der Waals surface area contributed by atoms with Crippen LogP contribution < -0.4 is 5.32 Å². The van der Waals surface area contributed by atoms with Crippen molar-refractivity contribution in [3.8, 4) is 0 Å². The Labute approximate surface area is 166 Å². The number of benzene rings is 1. The summed E-state index contributed by atoms with van der Waals surface area (Å²) in [4.78, 5) is 45.5. The zero-order chi connectivity index (χ0) is 21.8. The van der Waals surface area contributed by atoms with E-state index in [9.17, 15) is 14.0 Å². The van der Waals surface area contributed by atoms with Gasteiger partial charge in [0.1, 0.15) is 5.82 Å². The molecule has 160 valence electrons. The number of carbonyl (C=O) groups is 4. The first kappa shape index (κ1) is 23.8. The van der Waals surface area contributed by atoms with E-state index in [1.54, 1.807) is 11.8 Å². The van der Waals surface area contributed by atoms with Crippen LogP contribution in [0, 0.1) is 5.82 Å². The molecule has 0 saturated carbocycles. The minimum atomic E-state index is -1.82.